The van der Waals surface area contributed by atoms with E-state index in [1.54, 1.807) is 17.0 Å². The number of halogens is 3. The highest BCUT2D eigenvalue weighted by Gasteiger charge is 2.33. The third-order valence-electron chi connectivity index (χ3n) is 2.98. The Morgan fingerprint density at radius 1 is 1.35 bits per heavy atom. The molecule has 1 heterocycles. The van der Waals surface area contributed by atoms with Gasteiger partial charge in [0.25, 0.3) is 0 Å². The van der Waals surface area contributed by atoms with Crippen LogP contribution in [0.25, 0.3) is 0 Å². The summed E-state index contributed by atoms with van der Waals surface area (Å²) < 4.78 is 0. The number of benzene rings is 1. The smallest absolute Gasteiger partial charge is 0.227 e. The second kappa shape index (κ2) is 6.56. The van der Waals surface area contributed by atoms with Gasteiger partial charge in [-0.05, 0) is 18.1 Å². The van der Waals surface area contributed by atoms with Crippen LogP contribution in [-0.2, 0) is 9.59 Å². The molecule has 0 saturated carbocycles. The molecule has 1 aliphatic rings. The van der Waals surface area contributed by atoms with E-state index in [9.17, 15) is 9.59 Å². The molecule has 1 saturated heterocycles. The van der Waals surface area contributed by atoms with Crippen molar-refractivity contribution in [3.63, 3.8) is 0 Å². The second-order valence-electron chi connectivity index (χ2n) is 4.60. The van der Waals surface area contributed by atoms with Crippen molar-refractivity contribution in [1.29, 1.82) is 0 Å². The summed E-state index contributed by atoms with van der Waals surface area (Å²) >= 11 is 19.4. The molecule has 3 nitrogen and oxygen atoms in total. The van der Waals surface area contributed by atoms with Crippen molar-refractivity contribution >= 4 is 63.3 Å². The van der Waals surface area contributed by atoms with E-state index in [0.717, 1.165) is 0 Å². The van der Waals surface area contributed by atoms with Crippen molar-refractivity contribution < 1.29 is 9.59 Å². The number of rotatable bonds is 3. The van der Waals surface area contributed by atoms with Gasteiger partial charge in [0.2, 0.25) is 5.91 Å². The van der Waals surface area contributed by atoms with Crippen molar-refractivity contribution in [2.24, 2.45) is 5.92 Å². The van der Waals surface area contributed by atoms with Crippen LogP contribution in [0.15, 0.2) is 12.1 Å². The monoisotopic (exact) mass is 351 g/mol. The minimum atomic E-state index is -0.0368. The lowest BCUT2D eigenvalue weighted by Crippen LogP contribution is -2.25. The van der Waals surface area contributed by atoms with Crippen LogP contribution in [0.4, 0.5) is 5.69 Å². The molecule has 0 aromatic heterocycles. The molecule has 1 aliphatic heterocycles. The Balaban J connectivity index is 2.18. The van der Waals surface area contributed by atoms with E-state index >= 15 is 0 Å². The molecular weight excluding hydrogens is 341 g/mol. The van der Waals surface area contributed by atoms with E-state index in [2.05, 4.69) is 0 Å². The highest BCUT2D eigenvalue weighted by Crippen LogP contribution is 2.39. The number of nitrogens with zero attached hydrogens (tertiary/aromatic N) is 1. The SMILES string of the molecule is CC(=O)SCC1CC(=O)N(c2c(Cl)cc(Cl)cc2Cl)C1. The van der Waals surface area contributed by atoms with Gasteiger partial charge in [-0.2, -0.15) is 0 Å². The Kier molecular flexibility index (Phi) is 5.24. The first-order valence-electron chi connectivity index (χ1n) is 5.96. The molecule has 0 N–H and O–H groups in total. The van der Waals surface area contributed by atoms with E-state index in [4.69, 9.17) is 34.8 Å². The molecule has 1 atom stereocenters. The zero-order chi connectivity index (χ0) is 14.9. The highest BCUT2D eigenvalue weighted by atomic mass is 35.5. The van der Waals surface area contributed by atoms with Gasteiger partial charge in [-0.3, -0.25) is 9.59 Å². The lowest BCUT2D eigenvalue weighted by atomic mass is 10.1. The van der Waals surface area contributed by atoms with E-state index in [1.165, 1.54) is 18.7 Å². The van der Waals surface area contributed by atoms with Gasteiger partial charge in [0.05, 0.1) is 15.7 Å². The average Bonchev–Trinajstić information content (AvgIpc) is 2.67. The van der Waals surface area contributed by atoms with Crippen LogP contribution >= 0.6 is 46.6 Å². The maximum absolute atomic E-state index is 12.1. The van der Waals surface area contributed by atoms with Gasteiger partial charge in [0, 0.05) is 30.7 Å². The topological polar surface area (TPSA) is 37.4 Å². The molecule has 1 aromatic rings. The van der Waals surface area contributed by atoms with Crippen LogP contribution in [0, 0.1) is 5.92 Å². The first kappa shape index (κ1) is 16.0. The lowest BCUT2D eigenvalue weighted by molar-refractivity contribution is -0.117. The Morgan fingerprint density at radius 3 is 2.50 bits per heavy atom. The molecule has 1 amide bonds. The van der Waals surface area contributed by atoms with Gasteiger partial charge in [-0.1, -0.05) is 46.6 Å². The van der Waals surface area contributed by atoms with Crippen molar-refractivity contribution in [3.05, 3.63) is 27.2 Å². The molecular formula is C13H12Cl3NO2S. The second-order valence-corrected chi connectivity index (χ2v) is 7.04. The number of anilines is 1. The number of amides is 1. The van der Waals surface area contributed by atoms with Crippen LogP contribution in [-0.4, -0.2) is 23.3 Å². The predicted molar refractivity (Wildman–Crippen MR) is 85.1 cm³/mol. The fraction of sp³-hybridized carbons (Fsp3) is 0.385. The predicted octanol–water partition coefficient (Wildman–Crippen LogP) is 4.28. The summed E-state index contributed by atoms with van der Waals surface area (Å²) in [5, 5.41) is 1.20. The Bertz CT molecular complexity index is 542. The first-order chi connectivity index (χ1) is 9.38. The van der Waals surface area contributed by atoms with Gasteiger partial charge in [0.15, 0.2) is 5.12 Å². The van der Waals surface area contributed by atoms with E-state index in [-0.39, 0.29) is 16.9 Å². The van der Waals surface area contributed by atoms with Crippen molar-refractivity contribution in [2.45, 2.75) is 13.3 Å². The standard InChI is InChI=1S/C13H12Cl3NO2S/c1-7(18)20-6-8-2-12(19)17(5-8)13-10(15)3-9(14)4-11(13)16/h3-4,8H,2,5-6H2,1H3. The number of thioether (sulfide) groups is 1. The first-order valence-corrected chi connectivity index (χ1v) is 8.08. The van der Waals surface area contributed by atoms with Crippen LogP contribution in [0.2, 0.25) is 15.1 Å². The Hall–Kier alpha value is -0.420. The molecule has 0 aliphatic carbocycles. The van der Waals surface area contributed by atoms with E-state index in [0.29, 0.717) is 39.5 Å². The van der Waals surface area contributed by atoms with Crippen LogP contribution in [0.5, 0.6) is 0 Å². The normalized spacial score (nSPS) is 18.7. The van der Waals surface area contributed by atoms with Gasteiger partial charge in [-0.15, -0.1) is 0 Å². The molecule has 1 fully saturated rings. The molecule has 2 rings (SSSR count). The van der Waals surface area contributed by atoms with Gasteiger partial charge < -0.3 is 4.90 Å². The Labute approximate surface area is 136 Å². The zero-order valence-corrected chi connectivity index (χ0v) is 13.7. The minimum absolute atomic E-state index is 0.0368. The number of carbonyl (C=O) groups excluding carboxylic acids is 2. The van der Waals surface area contributed by atoms with Gasteiger partial charge >= 0.3 is 0 Å². The van der Waals surface area contributed by atoms with Crippen LogP contribution in [0.1, 0.15) is 13.3 Å². The maximum Gasteiger partial charge on any atom is 0.227 e. The molecule has 0 spiro atoms. The quantitative estimate of drug-likeness (QED) is 0.815. The summed E-state index contributed by atoms with van der Waals surface area (Å²) in [5.41, 5.74) is 0.498. The Morgan fingerprint density at radius 2 is 1.95 bits per heavy atom. The molecule has 1 aromatic carbocycles. The van der Waals surface area contributed by atoms with Gasteiger partial charge in [0.1, 0.15) is 0 Å². The number of hydrogen-bond donors (Lipinski definition) is 0. The highest BCUT2D eigenvalue weighted by molar-refractivity contribution is 8.13. The molecule has 0 radical (unpaired) electrons. The summed E-state index contributed by atoms with van der Waals surface area (Å²) in [6.45, 7) is 2.03. The largest absolute Gasteiger partial charge is 0.309 e. The summed E-state index contributed by atoms with van der Waals surface area (Å²) in [6.07, 6.45) is 0.398. The fourth-order valence-corrected chi connectivity index (χ4v) is 3.85. The van der Waals surface area contributed by atoms with E-state index < -0.39 is 0 Å². The summed E-state index contributed by atoms with van der Waals surface area (Å²) in [6, 6.07) is 3.13. The van der Waals surface area contributed by atoms with Crippen molar-refractivity contribution in [1.82, 2.24) is 0 Å². The zero-order valence-electron chi connectivity index (χ0n) is 10.7. The molecule has 1 unspecified atom stereocenters. The maximum atomic E-state index is 12.1. The number of hydrogen-bond acceptors (Lipinski definition) is 3. The van der Waals surface area contributed by atoms with Crippen molar-refractivity contribution in [2.75, 3.05) is 17.2 Å². The molecule has 7 heteroatoms. The van der Waals surface area contributed by atoms with Crippen molar-refractivity contribution in [3.8, 4) is 0 Å². The van der Waals surface area contributed by atoms with Crippen LogP contribution in [0.3, 0.4) is 0 Å². The summed E-state index contributed by atoms with van der Waals surface area (Å²) in [5.74, 6) is 0.713. The fourth-order valence-electron chi connectivity index (χ4n) is 2.14. The third kappa shape index (κ3) is 3.61. The summed E-state index contributed by atoms with van der Waals surface area (Å²) in [4.78, 5) is 24.7. The number of carbonyl (C=O) groups is 2. The average molecular weight is 353 g/mol. The lowest BCUT2D eigenvalue weighted by Gasteiger charge is -2.20. The summed E-state index contributed by atoms with van der Waals surface area (Å²) in [7, 11) is 0. The van der Waals surface area contributed by atoms with Gasteiger partial charge in [-0.25, -0.2) is 0 Å². The van der Waals surface area contributed by atoms with E-state index in [1.807, 2.05) is 0 Å². The minimum Gasteiger partial charge on any atom is -0.309 e. The molecule has 0 bridgehead atoms. The van der Waals surface area contributed by atoms with Crippen LogP contribution < -0.4 is 4.90 Å². The molecule has 20 heavy (non-hydrogen) atoms. The third-order valence-corrected chi connectivity index (χ3v) is 4.82. The molecule has 108 valence electrons.